The molecule has 0 bridgehead atoms. The Morgan fingerprint density at radius 3 is 2.95 bits per heavy atom. The molecular weight excluding hydrogens is 268 g/mol. The number of hydrogen-bond acceptors (Lipinski definition) is 3. The summed E-state index contributed by atoms with van der Waals surface area (Å²) in [5.74, 6) is 0.340. The third kappa shape index (κ3) is 3.83. The van der Waals surface area contributed by atoms with Gasteiger partial charge < -0.3 is 10.2 Å². The van der Waals surface area contributed by atoms with E-state index in [1.165, 1.54) is 15.3 Å². The zero-order valence-corrected chi connectivity index (χ0v) is 13.7. The number of thiophene rings is 1. The predicted molar refractivity (Wildman–Crippen MR) is 85.4 cm³/mol. The van der Waals surface area contributed by atoms with Gasteiger partial charge in [-0.25, -0.2) is 0 Å². The number of nitrogens with zero attached hydrogens (tertiary/aromatic N) is 1. The van der Waals surface area contributed by atoms with E-state index in [4.69, 9.17) is 0 Å². The molecule has 1 aromatic rings. The number of hydrogen-bond donors (Lipinski definition) is 1. The third-order valence-electron chi connectivity index (χ3n) is 4.12. The molecule has 112 valence electrons. The smallest absolute Gasteiger partial charge is 0.222 e. The van der Waals surface area contributed by atoms with Crippen LogP contribution in [0.25, 0.3) is 0 Å². The summed E-state index contributed by atoms with van der Waals surface area (Å²) in [7, 11) is 1.96. The van der Waals surface area contributed by atoms with Crippen molar-refractivity contribution in [2.24, 2.45) is 0 Å². The van der Waals surface area contributed by atoms with E-state index >= 15 is 0 Å². The summed E-state index contributed by atoms with van der Waals surface area (Å²) in [6.45, 7) is 6.20. The van der Waals surface area contributed by atoms with E-state index in [0.717, 1.165) is 38.8 Å². The van der Waals surface area contributed by atoms with Crippen molar-refractivity contribution in [1.29, 1.82) is 0 Å². The first-order valence-corrected chi connectivity index (χ1v) is 8.43. The Balaban J connectivity index is 1.79. The maximum atomic E-state index is 12.3. The quantitative estimate of drug-likeness (QED) is 0.875. The Morgan fingerprint density at radius 1 is 1.50 bits per heavy atom. The Morgan fingerprint density at radius 2 is 2.30 bits per heavy atom. The van der Waals surface area contributed by atoms with Gasteiger partial charge in [-0.05, 0) is 58.2 Å². The molecule has 1 aliphatic rings. The fraction of sp³-hybridized carbons (Fsp3) is 0.688. The highest BCUT2D eigenvalue weighted by atomic mass is 32.1. The SMILES string of the molecule is CNCC1CCCN1C(=O)CCCc1cc(C)sc1C. The van der Waals surface area contributed by atoms with Crippen molar-refractivity contribution in [3.8, 4) is 0 Å². The van der Waals surface area contributed by atoms with Gasteiger partial charge in [0.25, 0.3) is 0 Å². The molecule has 1 fully saturated rings. The van der Waals surface area contributed by atoms with Gasteiger partial charge in [0.1, 0.15) is 0 Å². The largest absolute Gasteiger partial charge is 0.338 e. The Hall–Kier alpha value is -0.870. The zero-order valence-electron chi connectivity index (χ0n) is 12.9. The standard InChI is InChI=1S/C16H26N2OS/c1-12-10-14(13(2)20-12)6-4-8-16(19)18-9-5-7-15(18)11-17-3/h10,15,17H,4-9,11H2,1-3H3. The number of likely N-dealkylation sites (tertiary alicyclic amines) is 1. The number of likely N-dealkylation sites (N-methyl/N-ethyl adjacent to an activating group) is 1. The van der Waals surface area contributed by atoms with Crippen LogP contribution < -0.4 is 5.32 Å². The van der Waals surface area contributed by atoms with Crippen LogP contribution in [-0.4, -0.2) is 37.0 Å². The van der Waals surface area contributed by atoms with E-state index in [2.05, 4.69) is 30.1 Å². The lowest BCUT2D eigenvalue weighted by Gasteiger charge is -2.24. The van der Waals surface area contributed by atoms with Crippen LogP contribution in [0, 0.1) is 13.8 Å². The van der Waals surface area contributed by atoms with E-state index in [1.807, 2.05) is 18.4 Å². The first kappa shape index (κ1) is 15.5. The molecule has 1 amide bonds. The van der Waals surface area contributed by atoms with Gasteiger partial charge in [-0.1, -0.05) is 0 Å². The average molecular weight is 294 g/mol. The van der Waals surface area contributed by atoms with Crippen LogP contribution in [0.2, 0.25) is 0 Å². The third-order valence-corrected chi connectivity index (χ3v) is 5.13. The van der Waals surface area contributed by atoms with Crippen molar-refractivity contribution in [2.45, 2.75) is 52.0 Å². The number of carbonyl (C=O) groups is 1. The number of aryl methyl sites for hydroxylation is 3. The molecule has 3 nitrogen and oxygen atoms in total. The molecule has 1 aliphatic heterocycles. The molecule has 1 unspecified atom stereocenters. The number of carbonyl (C=O) groups excluding carboxylic acids is 1. The highest BCUT2D eigenvalue weighted by Gasteiger charge is 2.27. The molecule has 1 saturated heterocycles. The van der Waals surface area contributed by atoms with Crippen LogP contribution in [-0.2, 0) is 11.2 Å². The molecule has 20 heavy (non-hydrogen) atoms. The van der Waals surface area contributed by atoms with Crippen LogP contribution in [0.3, 0.4) is 0 Å². The normalized spacial score (nSPS) is 18.8. The zero-order chi connectivity index (χ0) is 14.5. The highest BCUT2D eigenvalue weighted by molar-refractivity contribution is 7.12. The van der Waals surface area contributed by atoms with Gasteiger partial charge in [0.05, 0.1) is 0 Å². The van der Waals surface area contributed by atoms with Gasteiger partial charge in [0.2, 0.25) is 5.91 Å². The lowest BCUT2D eigenvalue weighted by molar-refractivity contribution is -0.132. The molecule has 2 rings (SSSR count). The van der Waals surface area contributed by atoms with Crippen molar-refractivity contribution in [1.82, 2.24) is 10.2 Å². The molecule has 1 N–H and O–H groups in total. The fourth-order valence-electron chi connectivity index (χ4n) is 3.12. The van der Waals surface area contributed by atoms with E-state index in [1.54, 1.807) is 0 Å². The summed E-state index contributed by atoms with van der Waals surface area (Å²) in [5, 5.41) is 3.19. The predicted octanol–water partition coefficient (Wildman–Crippen LogP) is 2.90. The second-order valence-corrected chi connectivity index (χ2v) is 7.19. The summed E-state index contributed by atoms with van der Waals surface area (Å²) in [5.41, 5.74) is 1.42. The van der Waals surface area contributed by atoms with Crippen LogP contribution in [0.5, 0.6) is 0 Å². The van der Waals surface area contributed by atoms with Crippen molar-refractivity contribution in [3.05, 3.63) is 21.4 Å². The van der Waals surface area contributed by atoms with Gasteiger partial charge in [0.15, 0.2) is 0 Å². The van der Waals surface area contributed by atoms with E-state index in [0.29, 0.717) is 18.4 Å². The van der Waals surface area contributed by atoms with Gasteiger partial charge in [0, 0.05) is 35.3 Å². The maximum absolute atomic E-state index is 12.3. The first-order valence-electron chi connectivity index (χ1n) is 7.61. The summed E-state index contributed by atoms with van der Waals surface area (Å²) in [6.07, 6.45) is 5.00. The van der Waals surface area contributed by atoms with Crippen LogP contribution >= 0.6 is 11.3 Å². The van der Waals surface area contributed by atoms with Crippen LogP contribution in [0.15, 0.2) is 6.07 Å². The number of nitrogens with one attached hydrogen (secondary N) is 1. The van der Waals surface area contributed by atoms with Crippen molar-refractivity contribution < 1.29 is 4.79 Å². The fourth-order valence-corrected chi connectivity index (χ4v) is 4.09. The monoisotopic (exact) mass is 294 g/mol. The van der Waals surface area contributed by atoms with Gasteiger partial charge in [-0.2, -0.15) is 0 Å². The van der Waals surface area contributed by atoms with Crippen molar-refractivity contribution in [2.75, 3.05) is 20.1 Å². The van der Waals surface area contributed by atoms with Crippen LogP contribution in [0.4, 0.5) is 0 Å². The minimum Gasteiger partial charge on any atom is -0.338 e. The Bertz CT molecular complexity index is 455. The molecule has 4 heteroatoms. The molecule has 1 aromatic heterocycles. The summed E-state index contributed by atoms with van der Waals surface area (Å²) >= 11 is 1.86. The Kier molecular flexibility index (Phi) is 5.61. The maximum Gasteiger partial charge on any atom is 0.222 e. The highest BCUT2D eigenvalue weighted by Crippen LogP contribution is 2.23. The topological polar surface area (TPSA) is 32.3 Å². The minimum absolute atomic E-state index is 0.340. The second kappa shape index (κ2) is 7.23. The molecule has 0 radical (unpaired) electrons. The van der Waals surface area contributed by atoms with E-state index in [9.17, 15) is 4.79 Å². The lowest BCUT2D eigenvalue weighted by Crippen LogP contribution is -2.40. The van der Waals surface area contributed by atoms with Crippen LogP contribution in [0.1, 0.15) is 41.0 Å². The van der Waals surface area contributed by atoms with Gasteiger partial charge in [-0.15, -0.1) is 11.3 Å². The number of rotatable bonds is 6. The van der Waals surface area contributed by atoms with E-state index < -0.39 is 0 Å². The van der Waals surface area contributed by atoms with Gasteiger partial charge >= 0.3 is 0 Å². The lowest BCUT2D eigenvalue weighted by atomic mass is 10.1. The van der Waals surface area contributed by atoms with Crippen molar-refractivity contribution in [3.63, 3.8) is 0 Å². The number of amides is 1. The molecule has 1 atom stereocenters. The first-order chi connectivity index (χ1) is 9.61. The van der Waals surface area contributed by atoms with E-state index in [-0.39, 0.29) is 0 Å². The summed E-state index contributed by atoms with van der Waals surface area (Å²) < 4.78 is 0. The summed E-state index contributed by atoms with van der Waals surface area (Å²) in [4.78, 5) is 17.2. The molecular formula is C16H26N2OS. The minimum atomic E-state index is 0.340. The second-order valence-electron chi connectivity index (χ2n) is 5.73. The molecule has 2 heterocycles. The average Bonchev–Trinajstić information content (AvgIpc) is 2.97. The van der Waals surface area contributed by atoms with Crippen molar-refractivity contribution >= 4 is 17.2 Å². The molecule has 0 spiro atoms. The Labute approximate surface area is 126 Å². The molecule has 0 aliphatic carbocycles. The van der Waals surface area contributed by atoms with Gasteiger partial charge in [-0.3, -0.25) is 4.79 Å². The summed E-state index contributed by atoms with van der Waals surface area (Å²) in [6, 6.07) is 2.68. The molecule has 0 saturated carbocycles. The molecule has 0 aromatic carbocycles.